The minimum absolute atomic E-state index is 0.123. The molecule has 1 aromatic heterocycles. The zero-order valence-corrected chi connectivity index (χ0v) is 8.36. The standard InChI is InChI=1S/C9H12N2OS/c1-9(3-4-9)6-11-5-2-7(12)10-8(11)13/h2,5H,3-4,6H2,1H3,(H,10,12,13). The Morgan fingerprint density at radius 3 is 2.92 bits per heavy atom. The molecule has 1 heterocycles. The summed E-state index contributed by atoms with van der Waals surface area (Å²) in [6.45, 7) is 3.16. The van der Waals surface area contributed by atoms with Gasteiger partial charge in [-0.2, -0.15) is 0 Å². The van der Waals surface area contributed by atoms with Crippen molar-refractivity contribution in [2.24, 2.45) is 5.41 Å². The van der Waals surface area contributed by atoms with E-state index in [-0.39, 0.29) is 5.56 Å². The van der Waals surface area contributed by atoms with E-state index in [0.29, 0.717) is 10.2 Å². The Kier molecular flexibility index (Phi) is 1.87. The summed E-state index contributed by atoms with van der Waals surface area (Å²) >= 11 is 5.04. The summed E-state index contributed by atoms with van der Waals surface area (Å²) in [6, 6.07) is 1.52. The first-order valence-electron chi connectivity index (χ1n) is 4.39. The van der Waals surface area contributed by atoms with Gasteiger partial charge in [0.05, 0.1) is 0 Å². The van der Waals surface area contributed by atoms with Gasteiger partial charge in [-0.15, -0.1) is 0 Å². The van der Waals surface area contributed by atoms with Crippen LogP contribution in [0.2, 0.25) is 0 Å². The quantitative estimate of drug-likeness (QED) is 0.731. The van der Waals surface area contributed by atoms with Gasteiger partial charge in [-0.05, 0) is 30.5 Å². The van der Waals surface area contributed by atoms with Crippen molar-refractivity contribution in [1.82, 2.24) is 9.55 Å². The number of hydrogen-bond donors (Lipinski definition) is 1. The zero-order chi connectivity index (χ0) is 9.47. The van der Waals surface area contributed by atoms with Crippen LogP contribution in [-0.4, -0.2) is 9.55 Å². The molecule has 0 amide bonds. The second kappa shape index (κ2) is 2.80. The van der Waals surface area contributed by atoms with Crippen LogP contribution in [0.1, 0.15) is 19.8 Å². The minimum atomic E-state index is -0.123. The second-order valence-corrected chi connectivity index (χ2v) is 4.44. The van der Waals surface area contributed by atoms with E-state index < -0.39 is 0 Å². The van der Waals surface area contributed by atoms with E-state index in [1.807, 2.05) is 4.57 Å². The molecule has 0 atom stereocenters. The van der Waals surface area contributed by atoms with Gasteiger partial charge in [-0.3, -0.25) is 9.78 Å². The van der Waals surface area contributed by atoms with Gasteiger partial charge in [-0.25, -0.2) is 0 Å². The summed E-state index contributed by atoms with van der Waals surface area (Å²) in [7, 11) is 0. The molecule has 1 aromatic rings. The van der Waals surface area contributed by atoms with Crippen LogP contribution in [-0.2, 0) is 6.54 Å². The van der Waals surface area contributed by atoms with Crippen molar-refractivity contribution in [3.63, 3.8) is 0 Å². The molecule has 0 radical (unpaired) electrons. The summed E-state index contributed by atoms with van der Waals surface area (Å²) in [4.78, 5) is 13.5. The summed E-state index contributed by atoms with van der Waals surface area (Å²) in [6.07, 6.45) is 4.28. The first kappa shape index (κ1) is 8.69. The molecule has 0 bridgehead atoms. The highest BCUT2D eigenvalue weighted by Crippen LogP contribution is 2.46. The third-order valence-electron chi connectivity index (χ3n) is 2.55. The highest BCUT2D eigenvalue weighted by atomic mass is 32.1. The minimum Gasteiger partial charge on any atom is -0.325 e. The van der Waals surface area contributed by atoms with Gasteiger partial charge in [0.1, 0.15) is 0 Å². The van der Waals surface area contributed by atoms with E-state index in [1.54, 1.807) is 6.20 Å². The van der Waals surface area contributed by atoms with Gasteiger partial charge < -0.3 is 4.57 Å². The lowest BCUT2D eigenvalue weighted by molar-refractivity contribution is 0.454. The van der Waals surface area contributed by atoms with Crippen LogP contribution in [0, 0.1) is 10.2 Å². The Morgan fingerprint density at radius 1 is 1.69 bits per heavy atom. The molecular formula is C9H12N2OS. The predicted molar refractivity (Wildman–Crippen MR) is 53.2 cm³/mol. The summed E-state index contributed by atoms with van der Waals surface area (Å²) in [5, 5.41) is 0. The van der Waals surface area contributed by atoms with E-state index in [2.05, 4.69) is 11.9 Å². The molecule has 2 rings (SSSR count). The number of aromatic amines is 1. The molecule has 13 heavy (non-hydrogen) atoms. The highest BCUT2D eigenvalue weighted by molar-refractivity contribution is 7.71. The molecule has 1 aliphatic rings. The van der Waals surface area contributed by atoms with Gasteiger partial charge in [0.2, 0.25) is 0 Å². The Hall–Kier alpha value is -0.900. The van der Waals surface area contributed by atoms with Crippen LogP contribution in [0.25, 0.3) is 0 Å². The third-order valence-corrected chi connectivity index (χ3v) is 2.89. The summed E-state index contributed by atoms with van der Waals surface area (Å²) in [5.41, 5.74) is 0.290. The fraction of sp³-hybridized carbons (Fsp3) is 0.556. The maximum Gasteiger partial charge on any atom is 0.251 e. The number of nitrogens with zero attached hydrogens (tertiary/aromatic N) is 1. The molecule has 0 saturated heterocycles. The molecular weight excluding hydrogens is 184 g/mol. The smallest absolute Gasteiger partial charge is 0.251 e. The fourth-order valence-corrected chi connectivity index (χ4v) is 1.58. The van der Waals surface area contributed by atoms with Crippen LogP contribution in [0.15, 0.2) is 17.1 Å². The number of rotatable bonds is 2. The fourth-order valence-electron chi connectivity index (χ4n) is 1.35. The summed E-state index contributed by atoms with van der Waals surface area (Å²) < 4.78 is 2.46. The van der Waals surface area contributed by atoms with Crippen LogP contribution in [0.4, 0.5) is 0 Å². The van der Waals surface area contributed by atoms with Crippen molar-refractivity contribution in [3.05, 3.63) is 27.4 Å². The first-order valence-corrected chi connectivity index (χ1v) is 4.80. The molecule has 4 heteroatoms. The molecule has 0 aliphatic heterocycles. The largest absolute Gasteiger partial charge is 0.325 e. The lowest BCUT2D eigenvalue weighted by atomic mass is 10.1. The van der Waals surface area contributed by atoms with E-state index in [1.165, 1.54) is 18.9 Å². The van der Waals surface area contributed by atoms with Crippen LogP contribution in [0.5, 0.6) is 0 Å². The molecule has 0 unspecified atom stereocenters. The Labute approximate surface area is 81.4 Å². The average Bonchev–Trinajstić information content (AvgIpc) is 2.75. The Bertz CT molecular complexity index is 428. The number of H-pyrrole nitrogens is 1. The third kappa shape index (κ3) is 1.88. The summed E-state index contributed by atoms with van der Waals surface area (Å²) in [5.74, 6) is 0. The van der Waals surface area contributed by atoms with Crippen molar-refractivity contribution < 1.29 is 0 Å². The molecule has 1 N–H and O–H groups in total. The maximum atomic E-state index is 10.9. The van der Waals surface area contributed by atoms with Gasteiger partial charge in [0.25, 0.3) is 5.56 Å². The van der Waals surface area contributed by atoms with Gasteiger partial charge in [0, 0.05) is 18.8 Å². The highest BCUT2D eigenvalue weighted by Gasteiger charge is 2.37. The number of nitrogens with one attached hydrogen (secondary N) is 1. The molecule has 0 spiro atoms. The lowest BCUT2D eigenvalue weighted by Gasteiger charge is -2.10. The lowest BCUT2D eigenvalue weighted by Crippen LogP contribution is -2.15. The van der Waals surface area contributed by atoms with Crippen molar-refractivity contribution >= 4 is 12.2 Å². The number of hydrogen-bond acceptors (Lipinski definition) is 2. The monoisotopic (exact) mass is 196 g/mol. The Morgan fingerprint density at radius 2 is 2.38 bits per heavy atom. The van der Waals surface area contributed by atoms with Gasteiger partial charge in [0.15, 0.2) is 4.77 Å². The Balaban J connectivity index is 2.31. The van der Waals surface area contributed by atoms with E-state index in [4.69, 9.17) is 12.2 Å². The molecule has 70 valence electrons. The SMILES string of the molecule is CC1(Cn2ccc(=O)[nH]c2=S)CC1. The van der Waals surface area contributed by atoms with Crippen molar-refractivity contribution in [2.45, 2.75) is 26.3 Å². The van der Waals surface area contributed by atoms with E-state index >= 15 is 0 Å². The predicted octanol–water partition coefficient (Wildman–Crippen LogP) is 1.71. The average molecular weight is 196 g/mol. The van der Waals surface area contributed by atoms with E-state index in [9.17, 15) is 4.79 Å². The van der Waals surface area contributed by atoms with Crippen molar-refractivity contribution in [1.29, 1.82) is 0 Å². The first-order chi connectivity index (χ1) is 6.09. The topological polar surface area (TPSA) is 37.8 Å². The molecule has 1 fully saturated rings. The molecule has 0 aromatic carbocycles. The molecule has 3 nitrogen and oxygen atoms in total. The van der Waals surface area contributed by atoms with Crippen molar-refractivity contribution in [2.75, 3.05) is 0 Å². The van der Waals surface area contributed by atoms with Crippen molar-refractivity contribution in [3.8, 4) is 0 Å². The number of aromatic nitrogens is 2. The van der Waals surface area contributed by atoms with Crippen LogP contribution in [0.3, 0.4) is 0 Å². The van der Waals surface area contributed by atoms with Gasteiger partial charge in [-0.1, -0.05) is 6.92 Å². The van der Waals surface area contributed by atoms with Crippen LogP contribution >= 0.6 is 12.2 Å². The normalized spacial score (nSPS) is 18.5. The molecule has 1 saturated carbocycles. The maximum absolute atomic E-state index is 10.9. The van der Waals surface area contributed by atoms with Gasteiger partial charge >= 0.3 is 0 Å². The molecule has 1 aliphatic carbocycles. The van der Waals surface area contributed by atoms with E-state index in [0.717, 1.165) is 6.54 Å². The zero-order valence-electron chi connectivity index (χ0n) is 7.54. The second-order valence-electron chi connectivity index (χ2n) is 4.05. The van der Waals surface area contributed by atoms with Crippen LogP contribution < -0.4 is 5.56 Å².